The van der Waals surface area contributed by atoms with E-state index in [2.05, 4.69) is 20.0 Å². The number of aromatic amines is 1. The third kappa shape index (κ3) is 4.54. The molecule has 36 heavy (non-hydrogen) atoms. The molecule has 190 valence electrons. The molecule has 12 heteroatoms. The van der Waals surface area contributed by atoms with Crippen LogP contribution in [0.4, 0.5) is 28.9 Å². The van der Waals surface area contributed by atoms with Gasteiger partial charge in [0.25, 0.3) is 5.91 Å². The number of alkyl halides is 3. The molecule has 3 aromatic rings. The average Bonchev–Trinajstić information content (AvgIpc) is 3.03. The third-order valence-electron chi connectivity index (χ3n) is 6.66. The molecule has 0 atom stereocenters. The van der Waals surface area contributed by atoms with Crippen molar-refractivity contribution < 1.29 is 31.9 Å². The van der Waals surface area contributed by atoms with Gasteiger partial charge >= 0.3 is 6.36 Å². The van der Waals surface area contributed by atoms with Gasteiger partial charge in [0, 0.05) is 47.9 Å². The van der Waals surface area contributed by atoms with Gasteiger partial charge in [-0.3, -0.25) is 9.59 Å². The number of rotatable bonds is 3. The van der Waals surface area contributed by atoms with E-state index < -0.39 is 23.8 Å². The van der Waals surface area contributed by atoms with Crippen LogP contribution in [0.15, 0.2) is 24.4 Å². The number of anilines is 2. The van der Waals surface area contributed by atoms with Crippen LogP contribution in [0.3, 0.4) is 0 Å². The highest BCUT2D eigenvalue weighted by atomic mass is 19.4. The van der Waals surface area contributed by atoms with Crippen LogP contribution in [0.25, 0.3) is 11.0 Å². The minimum absolute atomic E-state index is 0.0686. The summed E-state index contributed by atoms with van der Waals surface area (Å²) in [6.45, 7) is 0.595. The second kappa shape index (κ2) is 8.99. The number of nitrogen functional groups attached to an aromatic ring is 1. The molecule has 4 heterocycles. The topological polar surface area (TPSA) is 113 Å². The smallest absolute Gasteiger partial charge is 0.406 e. The van der Waals surface area contributed by atoms with Crippen LogP contribution in [-0.2, 0) is 11.2 Å². The summed E-state index contributed by atoms with van der Waals surface area (Å²) in [5.41, 5.74) is 8.13. The van der Waals surface area contributed by atoms with Crippen molar-refractivity contribution in [3.05, 3.63) is 47.0 Å². The Morgan fingerprint density at radius 2 is 1.94 bits per heavy atom. The summed E-state index contributed by atoms with van der Waals surface area (Å²) in [7, 11) is 0. The summed E-state index contributed by atoms with van der Waals surface area (Å²) in [5, 5.41) is 3.45. The highest BCUT2D eigenvalue weighted by Gasteiger charge is 2.33. The van der Waals surface area contributed by atoms with E-state index >= 15 is 4.39 Å². The predicted molar refractivity (Wildman–Crippen MR) is 123 cm³/mol. The van der Waals surface area contributed by atoms with E-state index in [1.807, 2.05) is 0 Å². The SMILES string of the molecule is Nc1cc(OC(F)(F)F)ccc1C(=O)N1CCC(c2c(F)cnc3[nH]c4c(c23)NC(=O)CCC4)CC1. The number of halogens is 4. The van der Waals surface area contributed by atoms with Crippen LogP contribution < -0.4 is 15.8 Å². The normalized spacial score (nSPS) is 17.0. The van der Waals surface area contributed by atoms with Gasteiger partial charge in [-0.2, -0.15) is 0 Å². The lowest BCUT2D eigenvalue weighted by Gasteiger charge is -2.33. The number of pyridine rings is 1. The molecule has 2 aliphatic rings. The fraction of sp³-hybridized carbons (Fsp3) is 0.375. The maximum Gasteiger partial charge on any atom is 0.573 e. The van der Waals surface area contributed by atoms with E-state index in [-0.39, 0.29) is 23.1 Å². The lowest BCUT2D eigenvalue weighted by Crippen LogP contribution is -2.38. The number of aromatic nitrogens is 2. The number of carbonyl (C=O) groups is 2. The fourth-order valence-corrected chi connectivity index (χ4v) is 5.03. The predicted octanol–water partition coefficient (Wildman–Crippen LogP) is 4.48. The maximum atomic E-state index is 15.1. The van der Waals surface area contributed by atoms with E-state index in [0.29, 0.717) is 67.5 Å². The second-order valence-electron chi connectivity index (χ2n) is 8.99. The minimum Gasteiger partial charge on any atom is -0.406 e. The Morgan fingerprint density at radius 1 is 1.19 bits per heavy atom. The summed E-state index contributed by atoms with van der Waals surface area (Å²) in [4.78, 5) is 34.1. The van der Waals surface area contributed by atoms with Gasteiger partial charge in [-0.1, -0.05) is 0 Å². The molecule has 0 aliphatic carbocycles. The quantitative estimate of drug-likeness (QED) is 0.359. The number of nitrogens with zero attached hydrogens (tertiary/aromatic N) is 2. The van der Waals surface area contributed by atoms with Crippen molar-refractivity contribution in [2.75, 3.05) is 24.1 Å². The van der Waals surface area contributed by atoms with Crippen molar-refractivity contribution in [2.45, 2.75) is 44.4 Å². The Labute approximate surface area is 202 Å². The lowest BCUT2D eigenvalue weighted by molar-refractivity contribution is -0.274. The summed E-state index contributed by atoms with van der Waals surface area (Å²) < 4.78 is 56.3. The van der Waals surface area contributed by atoms with Crippen LogP contribution in [0, 0.1) is 5.82 Å². The van der Waals surface area contributed by atoms with Gasteiger partial charge in [-0.15, -0.1) is 13.2 Å². The molecule has 1 fully saturated rings. The van der Waals surface area contributed by atoms with Crippen molar-refractivity contribution in [1.82, 2.24) is 14.9 Å². The molecule has 4 N–H and O–H groups in total. The Balaban J connectivity index is 1.36. The van der Waals surface area contributed by atoms with Gasteiger partial charge in [0.2, 0.25) is 5.91 Å². The van der Waals surface area contributed by atoms with Gasteiger partial charge in [0.15, 0.2) is 0 Å². The Morgan fingerprint density at radius 3 is 2.64 bits per heavy atom. The van der Waals surface area contributed by atoms with Crippen LogP contribution >= 0.6 is 0 Å². The average molecular weight is 505 g/mol. The first kappa shape index (κ1) is 23.9. The zero-order valence-corrected chi connectivity index (χ0v) is 19.0. The minimum atomic E-state index is -4.87. The molecule has 5 rings (SSSR count). The van der Waals surface area contributed by atoms with E-state index in [4.69, 9.17) is 5.73 Å². The highest BCUT2D eigenvalue weighted by Crippen LogP contribution is 2.40. The lowest BCUT2D eigenvalue weighted by atomic mass is 9.87. The van der Waals surface area contributed by atoms with E-state index in [0.717, 1.165) is 24.0 Å². The van der Waals surface area contributed by atoms with E-state index in [1.165, 1.54) is 6.07 Å². The molecular formula is C24H23F4N5O3. The first-order valence-corrected chi connectivity index (χ1v) is 11.5. The molecule has 1 saturated heterocycles. The number of hydrogen-bond donors (Lipinski definition) is 3. The number of nitrogens with two attached hydrogens (primary N) is 1. The Bertz CT molecular complexity index is 1350. The van der Waals surface area contributed by atoms with Gasteiger partial charge in [0.1, 0.15) is 17.2 Å². The molecular weight excluding hydrogens is 482 g/mol. The molecule has 8 nitrogen and oxygen atoms in total. The number of carbonyl (C=O) groups excluding carboxylic acids is 2. The van der Waals surface area contributed by atoms with E-state index in [9.17, 15) is 22.8 Å². The molecule has 0 spiro atoms. The van der Waals surface area contributed by atoms with Crippen LogP contribution in [0.1, 0.15) is 53.2 Å². The van der Waals surface area contributed by atoms with Gasteiger partial charge in [0.05, 0.1) is 17.4 Å². The van der Waals surface area contributed by atoms with Crippen molar-refractivity contribution in [3.8, 4) is 5.75 Å². The molecule has 0 unspecified atom stereocenters. The first-order chi connectivity index (χ1) is 17.1. The fourth-order valence-electron chi connectivity index (χ4n) is 5.03. The molecule has 0 saturated carbocycles. The number of benzene rings is 1. The number of amides is 2. The highest BCUT2D eigenvalue weighted by molar-refractivity contribution is 6.04. The molecule has 1 aromatic carbocycles. The maximum absolute atomic E-state index is 15.1. The number of ether oxygens (including phenoxy) is 1. The van der Waals surface area contributed by atoms with Gasteiger partial charge in [-0.05, 0) is 43.7 Å². The largest absolute Gasteiger partial charge is 0.573 e. The Hall–Kier alpha value is -3.83. The van der Waals surface area contributed by atoms with Crippen LogP contribution in [0.5, 0.6) is 5.75 Å². The number of nitrogens with one attached hydrogen (secondary N) is 2. The number of piperidine rings is 1. The third-order valence-corrected chi connectivity index (χ3v) is 6.66. The van der Waals surface area contributed by atoms with Crippen LogP contribution in [-0.4, -0.2) is 46.1 Å². The number of aryl methyl sites for hydroxylation is 1. The standard InChI is InChI=1S/C24H23F4N5O3/c25-15-11-30-22-20(21-17(31-22)2-1-3-18(34)32-21)19(15)12-6-8-33(9-7-12)23(35)14-5-4-13(10-16(14)29)36-24(26,27)28/h4-5,10-12H,1-3,6-9,29H2,(H,30,31)(H,32,34). The number of fused-ring (bicyclic) bond motifs is 3. The first-order valence-electron chi connectivity index (χ1n) is 11.5. The van der Waals surface area contributed by atoms with Gasteiger partial charge < -0.3 is 25.7 Å². The summed E-state index contributed by atoms with van der Waals surface area (Å²) in [6.07, 6.45) is -1.10. The van der Waals surface area contributed by atoms with Crippen molar-refractivity contribution in [3.63, 3.8) is 0 Å². The van der Waals surface area contributed by atoms with Crippen molar-refractivity contribution in [1.29, 1.82) is 0 Å². The summed E-state index contributed by atoms with van der Waals surface area (Å²) >= 11 is 0. The van der Waals surface area contributed by atoms with Crippen molar-refractivity contribution >= 4 is 34.2 Å². The monoisotopic (exact) mass is 505 g/mol. The molecule has 2 aliphatic heterocycles. The summed E-state index contributed by atoms with van der Waals surface area (Å²) in [6, 6.07) is 3.20. The summed E-state index contributed by atoms with van der Waals surface area (Å²) in [5.74, 6) is -1.76. The number of H-pyrrole nitrogens is 1. The number of hydrogen-bond acceptors (Lipinski definition) is 5. The Kier molecular flexibility index (Phi) is 5.97. The zero-order valence-electron chi connectivity index (χ0n) is 19.0. The second-order valence-corrected chi connectivity index (χ2v) is 8.99. The van der Waals surface area contributed by atoms with Crippen molar-refractivity contribution in [2.24, 2.45) is 0 Å². The molecule has 0 bridgehead atoms. The molecule has 2 amide bonds. The molecule has 0 radical (unpaired) electrons. The molecule has 2 aromatic heterocycles. The van der Waals surface area contributed by atoms with E-state index in [1.54, 1.807) is 4.90 Å². The van der Waals surface area contributed by atoms with Crippen LogP contribution in [0.2, 0.25) is 0 Å². The number of likely N-dealkylation sites (tertiary alicyclic amines) is 1. The zero-order chi connectivity index (χ0) is 25.6. The van der Waals surface area contributed by atoms with Gasteiger partial charge in [-0.25, -0.2) is 9.37 Å².